The molecule has 18 heteroatoms. The molecule has 0 amide bonds. The molecule has 1 aromatic carbocycles. The Morgan fingerprint density at radius 2 is 1.70 bits per heavy atom. The average molecular weight is 638 g/mol. The maximum absolute atomic E-state index is 15.6. The minimum atomic E-state index is -4.94. The molecule has 0 fully saturated rings. The zero-order chi connectivity index (χ0) is 31.9. The summed E-state index contributed by atoms with van der Waals surface area (Å²) in [5, 5.41) is 10.6. The third kappa shape index (κ3) is 7.98. The van der Waals surface area contributed by atoms with Crippen molar-refractivity contribution in [2.24, 2.45) is 0 Å². The van der Waals surface area contributed by atoms with Crippen LogP contribution in [0.3, 0.4) is 0 Å². The van der Waals surface area contributed by atoms with Crippen molar-refractivity contribution in [3.63, 3.8) is 0 Å². The fourth-order valence-corrected chi connectivity index (χ4v) is 4.12. The SMILES string of the molecule is CCOC(=O)C(Cc1ccc(OC(F)(F)F)cc1)(OC[C@@H](OC)[C@@H](O)[C@H](F)n1cnc2c(N)nc(Cl)nc21)C(=O)OCC. The zero-order valence-corrected chi connectivity index (χ0v) is 23.8. The Morgan fingerprint density at radius 3 is 2.23 bits per heavy atom. The number of nitrogens with zero attached hydrogens (tertiary/aromatic N) is 4. The molecule has 3 aromatic rings. The van der Waals surface area contributed by atoms with Crippen LogP contribution in [0.2, 0.25) is 5.28 Å². The van der Waals surface area contributed by atoms with Crippen molar-refractivity contribution >= 4 is 40.5 Å². The van der Waals surface area contributed by atoms with Crippen LogP contribution in [0.15, 0.2) is 30.6 Å². The molecule has 0 aliphatic rings. The number of aliphatic hydroxyl groups is 1. The van der Waals surface area contributed by atoms with E-state index < -0.39 is 61.2 Å². The Kier molecular flexibility index (Phi) is 11.1. The van der Waals surface area contributed by atoms with Crippen LogP contribution < -0.4 is 10.5 Å². The highest BCUT2D eigenvalue weighted by Gasteiger charge is 2.51. The fourth-order valence-electron chi connectivity index (χ4n) is 3.95. The van der Waals surface area contributed by atoms with Crippen LogP contribution in [0.5, 0.6) is 5.75 Å². The summed E-state index contributed by atoms with van der Waals surface area (Å²) >= 11 is 5.82. The van der Waals surface area contributed by atoms with Gasteiger partial charge in [0.25, 0.3) is 5.60 Å². The summed E-state index contributed by atoms with van der Waals surface area (Å²) in [5.74, 6) is -3.08. The predicted molar refractivity (Wildman–Crippen MR) is 140 cm³/mol. The van der Waals surface area contributed by atoms with Gasteiger partial charge in [-0.3, -0.25) is 4.57 Å². The monoisotopic (exact) mass is 637 g/mol. The second kappa shape index (κ2) is 14.1. The smallest absolute Gasteiger partial charge is 0.463 e. The number of ether oxygens (including phenoxy) is 5. The standard InChI is InChI=1S/C25H28ClF4N5O8/c1-4-40-21(37)24(22(38)41-5-2,10-13-6-8-14(9-7-13)43-25(28,29)30)42-11-15(39-3)17(36)18(27)35-12-32-16-19(31)33-23(26)34-20(16)35/h6-9,12,15,17-18,36H,4-5,10-11H2,1-3H3,(H2,31,33,34)/t15-,17-,18-/m1/s1. The van der Waals surface area contributed by atoms with E-state index in [0.717, 1.165) is 30.1 Å². The molecule has 43 heavy (non-hydrogen) atoms. The summed E-state index contributed by atoms with van der Waals surface area (Å²) in [7, 11) is 1.11. The second-order valence-corrected chi connectivity index (χ2v) is 9.12. The number of nitrogens with two attached hydrogens (primary N) is 1. The van der Waals surface area contributed by atoms with Crippen LogP contribution in [0.25, 0.3) is 11.2 Å². The van der Waals surface area contributed by atoms with E-state index in [1.54, 1.807) is 0 Å². The molecule has 3 N–H and O–H groups in total. The number of fused-ring (bicyclic) bond motifs is 1. The lowest BCUT2D eigenvalue weighted by atomic mass is 9.93. The predicted octanol–water partition coefficient (Wildman–Crippen LogP) is 2.93. The lowest BCUT2D eigenvalue weighted by Crippen LogP contribution is -2.55. The molecule has 0 spiro atoms. The fraction of sp³-hybridized carbons (Fsp3) is 0.480. The van der Waals surface area contributed by atoms with E-state index in [9.17, 15) is 27.9 Å². The van der Waals surface area contributed by atoms with Crippen molar-refractivity contribution in [2.45, 2.75) is 50.7 Å². The molecule has 0 aliphatic heterocycles. The number of methoxy groups -OCH3 is 1. The molecule has 0 radical (unpaired) electrons. The van der Waals surface area contributed by atoms with E-state index in [0.29, 0.717) is 0 Å². The van der Waals surface area contributed by atoms with Gasteiger partial charge >= 0.3 is 18.3 Å². The van der Waals surface area contributed by atoms with Crippen molar-refractivity contribution in [1.82, 2.24) is 19.5 Å². The maximum Gasteiger partial charge on any atom is 0.573 e. The van der Waals surface area contributed by atoms with Gasteiger partial charge in [0.2, 0.25) is 11.6 Å². The highest BCUT2D eigenvalue weighted by Crippen LogP contribution is 2.29. The molecule has 0 bridgehead atoms. The lowest BCUT2D eigenvalue weighted by molar-refractivity contribution is -0.274. The van der Waals surface area contributed by atoms with Crippen molar-refractivity contribution in [1.29, 1.82) is 0 Å². The molecular weight excluding hydrogens is 610 g/mol. The first-order valence-corrected chi connectivity index (χ1v) is 13.0. The lowest BCUT2D eigenvalue weighted by Gasteiger charge is -2.32. The first-order chi connectivity index (χ1) is 20.3. The van der Waals surface area contributed by atoms with Gasteiger partial charge in [-0.05, 0) is 43.1 Å². The van der Waals surface area contributed by atoms with Gasteiger partial charge in [0.1, 0.15) is 23.5 Å². The molecule has 0 saturated carbocycles. The molecule has 0 saturated heterocycles. The number of rotatable bonds is 14. The zero-order valence-electron chi connectivity index (χ0n) is 23.0. The molecular formula is C25H28ClF4N5O8. The second-order valence-electron chi connectivity index (χ2n) is 8.79. The third-order valence-electron chi connectivity index (χ3n) is 5.97. The van der Waals surface area contributed by atoms with Gasteiger partial charge in [-0.2, -0.15) is 9.97 Å². The summed E-state index contributed by atoms with van der Waals surface area (Å²) < 4.78 is 79.1. The number of nitrogen functional groups attached to an aromatic ring is 1. The third-order valence-corrected chi connectivity index (χ3v) is 6.14. The number of carbonyl (C=O) groups is 2. The molecule has 13 nitrogen and oxygen atoms in total. The number of carbonyl (C=O) groups excluding carboxylic acids is 2. The van der Waals surface area contributed by atoms with Crippen LogP contribution in [0, 0.1) is 0 Å². The molecule has 2 aromatic heterocycles. The van der Waals surface area contributed by atoms with Crippen LogP contribution in [0.1, 0.15) is 25.7 Å². The van der Waals surface area contributed by atoms with Gasteiger partial charge in [-0.1, -0.05) is 12.1 Å². The molecule has 2 heterocycles. The summed E-state index contributed by atoms with van der Waals surface area (Å²) in [6.45, 7) is 1.78. The maximum atomic E-state index is 15.6. The number of esters is 2. The van der Waals surface area contributed by atoms with E-state index in [4.69, 9.17) is 36.3 Å². The summed E-state index contributed by atoms with van der Waals surface area (Å²) in [4.78, 5) is 37.9. The minimum absolute atomic E-state index is 0.0137. The van der Waals surface area contributed by atoms with Crippen molar-refractivity contribution in [3.8, 4) is 5.75 Å². The molecule has 3 atom stereocenters. The summed E-state index contributed by atoms with van der Waals surface area (Å²) in [6, 6.07) is 4.27. The molecule has 0 unspecified atom stereocenters. The van der Waals surface area contributed by atoms with Gasteiger partial charge in [0.05, 0.1) is 26.1 Å². The normalized spacial score (nSPS) is 14.3. The molecule has 3 rings (SSSR count). The van der Waals surface area contributed by atoms with Crippen molar-refractivity contribution in [3.05, 3.63) is 41.4 Å². The quantitative estimate of drug-likeness (QED) is 0.115. The van der Waals surface area contributed by atoms with Gasteiger partial charge in [0, 0.05) is 13.5 Å². The van der Waals surface area contributed by atoms with E-state index in [-0.39, 0.29) is 41.0 Å². The number of alkyl halides is 4. The number of halogens is 5. The Bertz CT molecular complexity index is 1390. The van der Waals surface area contributed by atoms with Crippen LogP contribution in [0.4, 0.5) is 23.4 Å². The average Bonchev–Trinajstić information content (AvgIpc) is 3.36. The van der Waals surface area contributed by atoms with E-state index in [1.165, 1.54) is 26.0 Å². The van der Waals surface area contributed by atoms with Gasteiger partial charge in [-0.15, -0.1) is 13.2 Å². The van der Waals surface area contributed by atoms with E-state index in [1.807, 2.05) is 0 Å². The van der Waals surface area contributed by atoms with Crippen LogP contribution >= 0.6 is 11.6 Å². The van der Waals surface area contributed by atoms with Gasteiger partial charge in [0.15, 0.2) is 11.5 Å². The number of hydrogen-bond acceptors (Lipinski definition) is 12. The number of hydrogen-bond donors (Lipinski definition) is 2. The Labute approximate surface area is 246 Å². The van der Waals surface area contributed by atoms with E-state index >= 15 is 4.39 Å². The van der Waals surface area contributed by atoms with Crippen LogP contribution in [-0.2, 0) is 35.0 Å². The first kappa shape index (κ1) is 33.7. The highest BCUT2D eigenvalue weighted by molar-refractivity contribution is 6.28. The van der Waals surface area contributed by atoms with Crippen LogP contribution in [-0.4, -0.2) is 87.7 Å². The number of imidazole rings is 1. The summed E-state index contributed by atoms with van der Waals surface area (Å²) in [6.07, 6.45) is -10.3. The largest absolute Gasteiger partial charge is 0.573 e. The van der Waals surface area contributed by atoms with Gasteiger partial charge in [-0.25, -0.2) is 19.0 Å². The van der Waals surface area contributed by atoms with Crippen molar-refractivity contribution < 1.29 is 55.9 Å². The minimum Gasteiger partial charge on any atom is -0.463 e. The molecule has 0 aliphatic carbocycles. The van der Waals surface area contributed by atoms with Gasteiger partial charge < -0.3 is 34.5 Å². The molecule has 236 valence electrons. The highest BCUT2D eigenvalue weighted by atomic mass is 35.5. The van der Waals surface area contributed by atoms with Crippen molar-refractivity contribution in [2.75, 3.05) is 32.7 Å². The number of aliphatic hydroxyl groups excluding tert-OH is 1. The Morgan fingerprint density at radius 1 is 1.09 bits per heavy atom. The first-order valence-electron chi connectivity index (χ1n) is 12.6. The number of benzene rings is 1. The number of anilines is 1. The summed E-state index contributed by atoms with van der Waals surface area (Å²) in [5.41, 5.74) is 3.24. The Hall–Kier alpha value is -3.80. The Balaban J connectivity index is 1.92. The number of aromatic nitrogens is 4. The topological polar surface area (TPSA) is 170 Å². The van der Waals surface area contributed by atoms with E-state index in [2.05, 4.69) is 19.7 Å².